The SMILES string of the molecule is O=C1[C@H]2N=NN(Cc3nc(-c4ccc(Cl)cc4)no3)[C@@H]2C(=O)N1c1ccccc1. The maximum Gasteiger partial charge on any atom is 0.263 e. The minimum Gasteiger partial charge on any atom is -0.337 e. The van der Waals surface area contributed by atoms with Crippen molar-refractivity contribution >= 4 is 29.1 Å². The monoisotopic (exact) mass is 408 g/mol. The van der Waals surface area contributed by atoms with Crippen LogP contribution in [0.4, 0.5) is 5.69 Å². The van der Waals surface area contributed by atoms with Gasteiger partial charge in [-0.25, -0.2) is 4.90 Å². The summed E-state index contributed by atoms with van der Waals surface area (Å²) in [6.45, 7) is 0.0624. The van der Waals surface area contributed by atoms with Gasteiger partial charge in [0.05, 0.1) is 5.69 Å². The maximum atomic E-state index is 12.9. The van der Waals surface area contributed by atoms with Gasteiger partial charge >= 0.3 is 0 Å². The van der Waals surface area contributed by atoms with Crippen LogP contribution in [0.3, 0.4) is 0 Å². The molecular weight excluding hydrogens is 396 g/mol. The molecule has 0 aliphatic carbocycles. The number of fused-ring (bicyclic) bond motifs is 1. The Morgan fingerprint density at radius 3 is 2.52 bits per heavy atom. The molecule has 2 aliphatic heterocycles. The summed E-state index contributed by atoms with van der Waals surface area (Å²) in [5.41, 5.74) is 1.25. The Balaban J connectivity index is 1.36. The van der Waals surface area contributed by atoms with E-state index in [0.717, 1.165) is 10.5 Å². The lowest BCUT2D eigenvalue weighted by Crippen LogP contribution is -2.39. The highest BCUT2D eigenvalue weighted by Gasteiger charge is 2.55. The van der Waals surface area contributed by atoms with Crippen LogP contribution in [0.2, 0.25) is 5.02 Å². The van der Waals surface area contributed by atoms with Crippen molar-refractivity contribution in [3.8, 4) is 11.4 Å². The first-order chi connectivity index (χ1) is 14.1. The third-order valence-corrected chi connectivity index (χ3v) is 4.99. The average Bonchev–Trinajstić information content (AvgIpc) is 3.42. The standard InChI is InChI=1S/C19H13ClN6O3/c20-12-8-6-11(7-9-12)17-21-14(29-23-17)10-25-16-15(22-24-25)18(27)26(19(16)28)13-4-2-1-3-5-13/h1-9,15-16H,10H2/t15-,16-/m0/s1. The molecule has 1 fully saturated rings. The number of anilines is 1. The van der Waals surface area contributed by atoms with Gasteiger partial charge in [0.2, 0.25) is 11.7 Å². The van der Waals surface area contributed by atoms with Gasteiger partial charge in [0, 0.05) is 10.6 Å². The quantitative estimate of drug-likeness (QED) is 0.615. The van der Waals surface area contributed by atoms with E-state index in [1.165, 1.54) is 5.01 Å². The Bertz CT molecular complexity index is 1110. The fraction of sp³-hybridized carbons (Fsp3) is 0.158. The predicted octanol–water partition coefficient (Wildman–Crippen LogP) is 2.88. The molecule has 29 heavy (non-hydrogen) atoms. The largest absolute Gasteiger partial charge is 0.337 e. The van der Waals surface area contributed by atoms with E-state index < -0.39 is 18.0 Å². The minimum atomic E-state index is -0.874. The van der Waals surface area contributed by atoms with Gasteiger partial charge in [0.1, 0.15) is 6.54 Å². The second-order valence-electron chi connectivity index (χ2n) is 6.56. The highest BCUT2D eigenvalue weighted by molar-refractivity contribution is 6.30. The maximum absolute atomic E-state index is 12.9. The van der Waals surface area contributed by atoms with Crippen LogP contribution < -0.4 is 4.90 Å². The topological polar surface area (TPSA) is 104 Å². The number of hydrogen-bond donors (Lipinski definition) is 0. The molecule has 144 valence electrons. The number of benzene rings is 2. The van der Waals surface area contributed by atoms with Crippen LogP contribution in [0.15, 0.2) is 69.5 Å². The van der Waals surface area contributed by atoms with Crippen LogP contribution in [0, 0.1) is 0 Å². The second kappa shape index (κ2) is 6.78. The number of aromatic nitrogens is 2. The van der Waals surface area contributed by atoms with Gasteiger partial charge in [-0.1, -0.05) is 40.2 Å². The molecule has 2 amide bonds. The molecular formula is C19H13ClN6O3. The zero-order valence-corrected chi connectivity index (χ0v) is 15.6. The third kappa shape index (κ3) is 2.95. The highest BCUT2D eigenvalue weighted by Crippen LogP contribution is 2.32. The zero-order chi connectivity index (χ0) is 20.0. The molecule has 0 unspecified atom stereocenters. The Morgan fingerprint density at radius 1 is 1.00 bits per heavy atom. The summed E-state index contributed by atoms with van der Waals surface area (Å²) in [4.78, 5) is 31.1. The number of nitrogens with zero attached hydrogens (tertiary/aromatic N) is 6. The van der Waals surface area contributed by atoms with Crippen molar-refractivity contribution in [2.24, 2.45) is 10.3 Å². The molecule has 1 saturated heterocycles. The molecule has 2 atom stereocenters. The molecule has 2 aliphatic rings. The number of halogens is 1. The normalized spacial score (nSPS) is 20.6. The van der Waals surface area contributed by atoms with Crippen LogP contribution in [-0.2, 0) is 16.1 Å². The van der Waals surface area contributed by atoms with Crippen LogP contribution in [0.25, 0.3) is 11.4 Å². The lowest BCUT2D eigenvalue weighted by Gasteiger charge is -2.19. The van der Waals surface area contributed by atoms with E-state index in [-0.39, 0.29) is 18.3 Å². The van der Waals surface area contributed by atoms with E-state index >= 15 is 0 Å². The van der Waals surface area contributed by atoms with Crippen molar-refractivity contribution in [2.45, 2.75) is 18.6 Å². The first kappa shape index (κ1) is 17.5. The van der Waals surface area contributed by atoms with Gasteiger partial charge < -0.3 is 4.52 Å². The van der Waals surface area contributed by atoms with Crippen molar-refractivity contribution < 1.29 is 14.1 Å². The molecule has 0 radical (unpaired) electrons. The van der Waals surface area contributed by atoms with E-state index in [0.29, 0.717) is 16.5 Å². The number of para-hydroxylation sites is 1. The molecule has 5 rings (SSSR count). The summed E-state index contributed by atoms with van der Waals surface area (Å²) in [7, 11) is 0. The number of imide groups is 1. The molecule has 0 N–H and O–H groups in total. The number of rotatable bonds is 4. The van der Waals surface area contributed by atoms with E-state index in [1.807, 2.05) is 6.07 Å². The van der Waals surface area contributed by atoms with Gasteiger partial charge in [0.25, 0.3) is 11.8 Å². The van der Waals surface area contributed by atoms with Crippen LogP contribution in [0.1, 0.15) is 5.89 Å². The summed E-state index contributed by atoms with van der Waals surface area (Å²) in [5.74, 6) is -0.129. The van der Waals surface area contributed by atoms with E-state index in [1.54, 1.807) is 48.5 Å². The van der Waals surface area contributed by atoms with E-state index in [4.69, 9.17) is 16.1 Å². The lowest BCUT2D eigenvalue weighted by molar-refractivity contribution is -0.123. The van der Waals surface area contributed by atoms with Crippen LogP contribution in [0.5, 0.6) is 0 Å². The summed E-state index contributed by atoms with van der Waals surface area (Å²) >= 11 is 5.89. The summed E-state index contributed by atoms with van der Waals surface area (Å²) in [5, 5.41) is 13.9. The zero-order valence-electron chi connectivity index (χ0n) is 14.8. The van der Waals surface area contributed by atoms with Gasteiger partial charge in [-0.3, -0.25) is 14.6 Å². The van der Waals surface area contributed by atoms with Gasteiger partial charge in [-0.15, -0.1) is 0 Å². The van der Waals surface area contributed by atoms with Crippen molar-refractivity contribution in [2.75, 3.05) is 4.90 Å². The molecule has 3 heterocycles. The van der Waals surface area contributed by atoms with E-state index in [2.05, 4.69) is 20.5 Å². The summed E-state index contributed by atoms with van der Waals surface area (Å²) < 4.78 is 5.29. The fourth-order valence-corrected chi connectivity index (χ4v) is 3.49. The van der Waals surface area contributed by atoms with Gasteiger partial charge in [0.15, 0.2) is 12.1 Å². The number of amides is 2. The predicted molar refractivity (Wildman–Crippen MR) is 102 cm³/mol. The van der Waals surface area contributed by atoms with E-state index in [9.17, 15) is 9.59 Å². The van der Waals surface area contributed by atoms with Crippen LogP contribution >= 0.6 is 11.6 Å². The molecule has 0 bridgehead atoms. The number of carbonyl (C=O) groups is 2. The first-order valence-corrected chi connectivity index (χ1v) is 9.18. The number of hydrogen-bond acceptors (Lipinski definition) is 8. The Labute approximate surface area is 169 Å². The Hall–Kier alpha value is -3.59. The fourth-order valence-electron chi connectivity index (χ4n) is 3.36. The second-order valence-corrected chi connectivity index (χ2v) is 6.99. The average molecular weight is 409 g/mol. The van der Waals surface area contributed by atoms with Crippen molar-refractivity contribution in [3.63, 3.8) is 0 Å². The summed E-state index contributed by atoms with van der Waals surface area (Å²) in [6.07, 6.45) is 0. The minimum absolute atomic E-state index is 0.0624. The van der Waals surface area contributed by atoms with Crippen molar-refractivity contribution in [1.82, 2.24) is 15.1 Å². The Morgan fingerprint density at radius 2 is 1.76 bits per heavy atom. The Kier molecular flexibility index (Phi) is 4.09. The molecule has 3 aromatic rings. The van der Waals surface area contributed by atoms with Gasteiger partial charge in [-0.2, -0.15) is 10.1 Å². The van der Waals surface area contributed by atoms with Gasteiger partial charge in [-0.05, 0) is 36.4 Å². The molecule has 9 nitrogen and oxygen atoms in total. The highest BCUT2D eigenvalue weighted by atomic mass is 35.5. The molecule has 2 aromatic carbocycles. The molecule has 0 spiro atoms. The summed E-state index contributed by atoms with van der Waals surface area (Å²) in [6, 6.07) is 14.1. The van der Waals surface area contributed by atoms with Crippen LogP contribution in [-0.4, -0.2) is 39.0 Å². The first-order valence-electron chi connectivity index (χ1n) is 8.80. The van der Waals surface area contributed by atoms with Crippen molar-refractivity contribution in [1.29, 1.82) is 0 Å². The lowest BCUT2D eigenvalue weighted by atomic mass is 10.1. The smallest absolute Gasteiger partial charge is 0.263 e. The number of carbonyl (C=O) groups excluding carboxylic acids is 2. The molecule has 10 heteroatoms. The third-order valence-electron chi connectivity index (χ3n) is 4.74. The molecule has 0 saturated carbocycles. The molecule has 1 aromatic heterocycles. The van der Waals surface area contributed by atoms with Crippen molar-refractivity contribution in [3.05, 3.63) is 65.5 Å².